The minimum absolute atomic E-state index is 0.243. The summed E-state index contributed by atoms with van der Waals surface area (Å²) in [6.07, 6.45) is 2.92. The molecule has 5 nitrogen and oxygen atoms in total. The third-order valence-electron chi connectivity index (χ3n) is 1.88. The highest BCUT2D eigenvalue weighted by atomic mass is 32.1. The van der Waals surface area contributed by atoms with Crippen LogP contribution in [0.4, 0.5) is 0 Å². The summed E-state index contributed by atoms with van der Waals surface area (Å²) in [7, 11) is 0. The van der Waals surface area contributed by atoms with E-state index in [1.165, 1.54) is 6.39 Å². The summed E-state index contributed by atoms with van der Waals surface area (Å²) in [4.78, 5) is 4.03. The van der Waals surface area contributed by atoms with Gasteiger partial charge in [-0.25, -0.2) is 4.98 Å². The molecule has 0 aliphatic carbocycles. The number of hydrogen-bond donors (Lipinski definition) is 1. The van der Waals surface area contributed by atoms with Crippen LogP contribution in [0, 0.1) is 4.77 Å². The van der Waals surface area contributed by atoms with Gasteiger partial charge in [0.1, 0.15) is 12.0 Å². The second-order valence-corrected chi connectivity index (χ2v) is 3.58. The molecule has 1 N–H and O–H groups in total. The first kappa shape index (κ1) is 9.14. The Morgan fingerprint density at radius 2 is 2.36 bits per heavy atom. The van der Waals surface area contributed by atoms with Crippen LogP contribution in [0.25, 0.3) is 11.5 Å². The maximum atomic E-state index is 5.11. The van der Waals surface area contributed by atoms with E-state index < -0.39 is 0 Å². The standard InChI is InChI=1S/C8H10N4OS/c1-5(2)12-7(10-11-8(12)14)6-3-13-4-9-6/h3-5H,1-2H3,(H,11,14). The van der Waals surface area contributed by atoms with Crippen molar-refractivity contribution in [3.63, 3.8) is 0 Å². The number of nitrogens with zero attached hydrogens (tertiary/aromatic N) is 3. The Kier molecular flexibility index (Phi) is 2.20. The average Bonchev–Trinajstić information content (AvgIpc) is 2.70. The quantitative estimate of drug-likeness (QED) is 0.772. The molecule has 0 saturated carbocycles. The molecule has 14 heavy (non-hydrogen) atoms. The van der Waals surface area contributed by atoms with E-state index in [0.29, 0.717) is 16.3 Å². The predicted molar refractivity (Wildman–Crippen MR) is 53.3 cm³/mol. The Balaban J connectivity index is 2.60. The molecule has 0 amide bonds. The number of rotatable bonds is 2. The van der Waals surface area contributed by atoms with E-state index >= 15 is 0 Å². The first-order chi connectivity index (χ1) is 6.70. The van der Waals surface area contributed by atoms with Crippen molar-refractivity contribution in [1.29, 1.82) is 0 Å². The number of nitrogens with one attached hydrogen (secondary N) is 1. The number of oxazole rings is 1. The molecule has 0 atom stereocenters. The lowest BCUT2D eigenvalue weighted by atomic mass is 10.3. The minimum atomic E-state index is 0.243. The molecule has 2 heterocycles. The summed E-state index contributed by atoms with van der Waals surface area (Å²) >= 11 is 5.11. The number of aromatic amines is 1. The highest BCUT2D eigenvalue weighted by Crippen LogP contribution is 2.18. The summed E-state index contributed by atoms with van der Waals surface area (Å²) < 4.78 is 7.39. The van der Waals surface area contributed by atoms with Crippen molar-refractivity contribution >= 4 is 12.2 Å². The molecule has 0 spiro atoms. The van der Waals surface area contributed by atoms with Gasteiger partial charge in [-0.05, 0) is 26.1 Å². The molecule has 0 saturated heterocycles. The molecule has 2 rings (SSSR count). The van der Waals surface area contributed by atoms with Gasteiger partial charge in [0.25, 0.3) is 0 Å². The van der Waals surface area contributed by atoms with E-state index in [4.69, 9.17) is 16.6 Å². The van der Waals surface area contributed by atoms with E-state index in [0.717, 1.165) is 0 Å². The third kappa shape index (κ3) is 1.37. The molecular weight excluding hydrogens is 200 g/mol. The minimum Gasteiger partial charge on any atom is -0.451 e. The third-order valence-corrected chi connectivity index (χ3v) is 2.17. The van der Waals surface area contributed by atoms with E-state index in [1.54, 1.807) is 6.26 Å². The van der Waals surface area contributed by atoms with Crippen LogP contribution in [-0.2, 0) is 0 Å². The van der Waals surface area contributed by atoms with Crippen LogP contribution >= 0.6 is 12.2 Å². The zero-order chi connectivity index (χ0) is 10.1. The van der Waals surface area contributed by atoms with Crippen LogP contribution < -0.4 is 0 Å². The lowest BCUT2D eigenvalue weighted by Crippen LogP contribution is -2.03. The summed E-state index contributed by atoms with van der Waals surface area (Å²) in [6, 6.07) is 0.243. The Labute approximate surface area is 85.8 Å². The van der Waals surface area contributed by atoms with Crippen LogP contribution in [0.1, 0.15) is 19.9 Å². The first-order valence-electron chi connectivity index (χ1n) is 4.25. The molecule has 0 fully saturated rings. The van der Waals surface area contributed by atoms with Gasteiger partial charge in [0, 0.05) is 6.04 Å². The van der Waals surface area contributed by atoms with Crippen molar-refractivity contribution in [3.05, 3.63) is 17.4 Å². The topological polar surface area (TPSA) is 59.6 Å². The zero-order valence-corrected chi connectivity index (χ0v) is 8.71. The average molecular weight is 210 g/mol. The molecule has 0 bridgehead atoms. The van der Waals surface area contributed by atoms with Gasteiger partial charge in [-0.1, -0.05) is 0 Å². The van der Waals surface area contributed by atoms with Crippen LogP contribution in [0.5, 0.6) is 0 Å². The largest absolute Gasteiger partial charge is 0.451 e. The van der Waals surface area contributed by atoms with Gasteiger partial charge in [0.05, 0.1) is 0 Å². The van der Waals surface area contributed by atoms with Crippen molar-refractivity contribution < 1.29 is 4.42 Å². The Morgan fingerprint density at radius 1 is 1.57 bits per heavy atom. The number of aromatic nitrogens is 4. The monoisotopic (exact) mass is 210 g/mol. The fraction of sp³-hybridized carbons (Fsp3) is 0.375. The number of hydrogen-bond acceptors (Lipinski definition) is 4. The van der Waals surface area contributed by atoms with Gasteiger partial charge < -0.3 is 4.42 Å². The van der Waals surface area contributed by atoms with Gasteiger partial charge in [0.15, 0.2) is 17.0 Å². The number of H-pyrrole nitrogens is 1. The molecule has 2 aromatic heterocycles. The molecule has 6 heteroatoms. The molecule has 74 valence electrons. The molecule has 0 aromatic carbocycles. The summed E-state index contributed by atoms with van der Waals surface area (Å²) in [5.74, 6) is 0.707. The van der Waals surface area contributed by atoms with Crippen molar-refractivity contribution in [3.8, 4) is 11.5 Å². The first-order valence-corrected chi connectivity index (χ1v) is 4.66. The maximum Gasteiger partial charge on any atom is 0.195 e. The SMILES string of the molecule is CC(C)n1c(-c2cocn2)n[nH]c1=S. The van der Waals surface area contributed by atoms with Gasteiger partial charge in [-0.15, -0.1) is 0 Å². The van der Waals surface area contributed by atoms with Crippen molar-refractivity contribution in [2.45, 2.75) is 19.9 Å². The van der Waals surface area contributed by atoms with E-state index in [2.05, 4.69) is 15.2 Å². The van der Waals surface area contributed by atoms with Crippen LogP contribution in [-0.4, -0.2) is 19.7 Å². The summed E-state index contributed by atoms with van der Waals surface area (Å²) in [6.45, 7) is 4.07. The van der Waals surface area contributed by atoms with Gasteiger partial charge in [0.2, 0.25) is 0 Å². The second kappa shape index (κ2) is 3.38. The fourth-order valence-electron chi connectivity index (χ4n) is 1.29. The van der Waals surface area contributed by atoms with Crippen LogP contribution in [0.3, 0.4) is 0 Å². The smallest absolute Gasteiger partial charge is 0.195 e. The molecule has 0 aliphatic rings. The maximum absolute atomic E-state index is 5.11. The zero-order valence-electron chi connectivity index (χ0n) is 7.89. The van der Waals surface area contributed by atoms with Gasteiger partial charge >= 0.3 is 0 Å². The lowest BCUT2D eigenvalue weighted by Gasteiger charge is -2.07. The molecule has 0 radical (unpaired) electrons. The summed E-state index contributed by atoms with van der Waals surface area (Å²) in [5, 5.41) is 6.84. The van der Waals surface area contributed by atoms with E-state index in [-0.39, 0.29) is 6.04 Å². The van der Waals surface area contributed by atoms with Crippen LogP contribution in [0.15, 0.2) is 17.1 Å². The van der Waals surface area contributed by atoms with Gasteiger partial charge in [-0.2, -0.15) is 5.10 Å². The lowest BCUT2D eigenvalue weighted by molar-refractivity contribution is 0.557. The summed E-state index contributed by atoms with van der Waals surface area (Å²) in [5.41, 5.74) is 0.686. The van der Waals surface area contributed by atoms with Crippen molar-refractivity contribution in [1.82, 2.24) is 19.7 Å². The van der Waals surface area contributed by atoms with E-state index in [9.17, 15) is 0 Å². The van der Waals surface area contributed by atoms with Crippen molar-refractivity contribution in [2.24, 2.45) is 0 Å². The predicted octanol–water partition coefficient (Wildman–Crippen LogP) is 2.18. The highest BCUT2D eigenvalue weighted by Gasteiger charge is 2.12. The second-order valence-electron chi connectivity index (χ2n) is 3.19. The van der Waals surface area contributed by atoms with Crippen LogP contribution in [0.2, 0.25) is 0 Å². The molecular formula is C8H10N4OS. The molecule has 2 aromatic rings. The Morgan fingerprint density at radius 3 is 2.93 bits per heavy atom. The Hall–Kier alpha value is -1.43. The fourth-order valence-corrected chi connectivity index (χ4v) is 1.63. The van der Waals surface area contributed by atoms with Crippen molar-refractivity contribution in [2.75, 3.05) is 0 Å². The Bertz CT molecular complexity index is 468. The molecule has 0 aliphatic heterocycles. The van der Waals surface area contributed by atoms with E-state index in [1.807, 2.05) is 18.4 Å². The normalized spacial score (nSPS) is 11.1. The van der Waals surface area contributed by atoms with Gasteiger partial charge in [-0.3, -0.25) is 9.67 Å². The highest BCUT2D eigenvalue weighted by molar-refractivity contribution is 7.71. The molecule has 0 unspecified atom stereocenters.